The van der Waals surface area contributed by atoms with Gasteiger partial charge in [-0.2, -0.15) is 0 Å². The van der Waals surface area contributed by atoms with Crippen LogP contribution in [0.3, 0.4) is 0 Å². The largest absolute Gasteiger partial charge is 0.351 e. The molecule has 0 fully saturated rings. The van der Waals surface area contributed by atoms with Crippen LogP contribution in [0.2, 0.25) is 0 Å². The van der Waals surface area contributed by atoms with Crippen LogP contribution >= 0.6 is 0 Å². The topological polar surface area (TPSA) is 4.93 Å². The minimum atomic E-state index is 1.06. The first-order valence-electron chi connectivity index (χ1n) is 8.90. The van der Waals surface area contributed by atoms with Crippen molar-refractivity contribution in [2.24, 2.45) is 7.05 Å². The molecule has 0 aliphatic heterocycles. The highest BCUT2D eigenvalue weighted by Gasteiger charge is 2.07. The zero-order valence-corrected chi connectivity index (χ0v) is 15.1. The fraction of sp³-hybridized carbons (Fsp3) is 0.304. The van der Waals surface area contributed by atoms with Crippen LogP contribution < -0.4 is 0 Å². The second-order valence-electron chi connectivity index (χ2n) is 6.84. The van der Waals surface area contributed by atoms with E-state index in [1.165, 1.54) is 45.2 Å². The molecule has 0 unspecified atom stereocenters. The molecule has 1 heterocycles. The van der Waals surface area contributed by atoms with Crippen LogP contribution in [0.15, 0.2) is 55.2 Å². The SMILES string of the molecule is C=C(C)c1cc(CCC)ccc1CCc1ccc2ccn(C)c2c1. The summed E-state index contributed by atoms with van der Waals surface area (Å²) in [7, 11) is 2.11. The molecular weight excluding hydrogens is 290 g/mol. The normalized spacial score (nSPS) is 11.1. The van der Waals surface area contributed by atoms with Crippen LogP contribution in [0.1, 0.15) is 42.5 Å². The lowest BCUT2D eigenvalue weighted by Crippen LogP contribution is -1.98. The summed E-state index contributed by atoms with van der Waals surface area (Å²) in [4.78, 5) is 0. The molecule has 0 aliphatic carbocycles. The zero-order valence-electron chi connectivity index (χ0n) is 15.1. The molecule has 0 saturated carbocycles. The summed E-state index contributed by atoms with van der Waals surface area (Å²) in [6.07, 6.45) is 6.58. The Labute approximate surface area is 145 Å². The molecule has 2 aromatic carbocycles. The predicted molar refractivity (Wildman–Crippen MR) is 105 cm³/mol. The van der Waals surface area contributed by atoms with Crippen LogP contribution in [-0.4, -0.2) is 4.57 Å². The number of hydrogen-bond donors (Lipinski definition) is 0. The van der Waals surface area contributed by atoms with E-state index < -0.39 is 0 Å². The Morgan fingerprint density at radius 3 is 2.46 bits per heavy atom. The summed E-state index contributed by atoms with van der Waals surface area (Å²) in [5.41, 5.74) is 8.04. The van der Waals surface area contributed by atoms with Gasteiger partial charge in [0.2, 0.25) is 0 Å². The number of aryl methyl sites for hydroxylation is 4. The van der Waals surface area contributed by atoms with Gasteiger partial charge >= 0.3 is 0 Å². The zero-order chi connectivity index (χ0) is 17.1. The van der Waals surface area contributed by atoms with E-state index in [0.717, 1.165) is 19.3 Å². The number of fused-ring (bicyclic) bond motifs is 1. The fourth-order valence-corrected chi connectivity index (χ4v) is 3.43. The molecule has 1 heteroatoms. The van der Waals surface area contributed by atoms with E-state index >= 15 is 0 Å². The highest BCUT2D eigenvalue weighted by atomic mass is 14.9. The molecule has 1 aromatic heterocycles. The minimum absolute atomic E-state index is 1.06. The Hall–Kier alpha value is -2.28. The van der Waals surface area contributed by atoms with Crippen LogP contribution in [0.25, 0.3) is 16.5 Å². The van der Waals surface area contributed by atoms with Gasteiger partial charge in [0.05, 0.1) is 0 Å². The molecule has 0 spiro atoms. The Bertz CT molecular complexity index is 867. The van der Waals surface area contributed by atoms with Crippen molar-refractivity contribution in [2.45, 2.75) is 39.5 Å². The van der Waals surface area contributed by atoms with Gasteiger partial charge in [-0.15, -0.1) is 0 Å². The van der Waals surface area contributed by atoms with Crippen molar-refractivity contribution in [3.63, 3.8) is 0 Å². The van der Waals surface area contributed by atoms with Crippen molar-refractivity contribution in [1.82, 2.24) is 4.57 Å². The maximum atomic E-state index is 4.18. The van der Waals surface area contributed by atoms with Crippen molar-refractivity contribution in [1.29, 1.82) is 0 Å². The first kappa shape index (κ1) is 16.6. The van der Waals surface area contributed by atoms with Crippen molar-refractivity contribution in [2.75, 3.05) is 0 Å². The lowest BCUT2D eigenvalue weighted by atomic mass is 9.93. The maximum Gasteiger partial charge on any atom is 0.0480 e. The molecule has 124 valence electrons. The Balaban J connectivity index is 1.82. The number of nitrogens with zero attached hydrogens (tertiary/aromatic N) is 1. The number of rotatable bonds is 6. The van der Waals surface area contributed by atoms with Gasteiger partial charge in [0, 0.05) is 18.8 Å². The molecule has 0 radical (unpaired) electrons. The summed E-state index contributed by atoms with van der Waals surface area (Å²) in [6.45, 7) is 8.53. The fourth-order valence-electron chi connectivity index (χ4n) is 3.43. The lowest BCUT2D eigenvalue weighted by Gasteiger charge is -2.12. The molecule has 1 nitrogen and oxygen atoms in total. The van der Waals surface area contributed by atoms with Crippen LogP contribution in [0.5, 0.6) is 0 Å². The molecule has 0 atom stereocenters. The third-order valence-corrected chi connectivity index (χ3v) is 4.81. The number of hydrogen-bond acceptors (Lipinski definition) is 0. The van der Waals surface area contributed by atoms with E-state index in [2.05, 4.69) is 80.7 Å². The summed E-state index contributed by atoms with van der Waals surface area (Å²) in [5, 5.41) is 1.31. The minimum Gasteiger partial charge on any atom is -0.351 e. The highest BCUT2D eigenvalue weighted by molar-refractivity contribution is 5.80. The molecule has 24 heavy (non-hydrogen) atoms. The quantitative estimate of drug-likeness (QED) is 0.529. The molecule has 3 rings (SSSR count). The second kappa shape index (κ2) is 7.09. The van der Waals surface area contributed by atoms with Gasteiger partial charge in [-0.3, -0.25) is 0 Å². The van der Waals surface area contributed by atoms with Gasteiger partial charge in [0.25, 0.3) is 0 Å². The number of benzene rings is 2. The van der Waals surface area contributed by atoms with Crippen molar-refractivity contribution >= 4 is 16.5 Å². The molecular formula is C23H27N. The van der Waals surface area contributed by atoms with Gasteiger partial charge in [0.15, 0.2) is 0 Å². The Kier molecular flexibility index (Phi) is 4.89. The summed E-state index contributed by atoms with van der Waals surface area (Å²) in [5.74, 6) is 0. The van der Waals surface area contributed by atoms with E-state index in [0.29, 0.717) is 0 Å². The van der Waals surface area contributed by atoms with E-state index in [1.54, 1.807) is 0 Å². The predicted octanol–water partition coefficient (Wildman–Crippen LogP) is 5.95. The second-order valence-corrected chi connectivity index (χ2v) is 6.84. The van der Waals surface area contributed by atoms with Crippen LogP contribution in [0, 0.1) is 0 Å². The summed E-state index contributed by atoms with van der Waals surface area (Å²) in [6, 6.07) is 15.9. The van der Waals surface area contributed by atoms with E-state index in [4.69, 9.17) is 0 Å². The Morgan fingerprint density at radius 1 is 0.958 bits per heavy atom. The van der Waals surface area contributed by atoms with Gasteiger partial charge < -0.3 is 4.57 Å². The lowest BCUT2D eigenvalue weighted by molar-refractivity contribution is 0.911. The van der Waals surface area contributed by atoms with Crippen molar-refractivity contribution in [3.05, 3.63) is 77.5 Å². The first-order valence-corrected chi connectivity index (χ1v) is 8.90. The smallest absolute Gasteiger partial charge is 0.0480 e. The highest BCUT2D eigenvalue weighted by Crippen LogP contribution is 2.23. The molecule has 0 N–H and O–H groups in total. The Morgan fingerprint density at radius 2 is 1.71 bits per heavy atom. The summed E-state index contributed by atoms with van der Waals surface area (Å²) < 4.78 is 2.19. The van der Waals surface area contributed by atoms with Crippen molar-refractivity contribution in [3.8, 4) is 0 Å². The molecule has 0 aliphatic rings. The molecule has 0 amide bonds. The first-order chi connectivity index (χ1) is 11.6. The molecule has 3 aromatic rings. The number of aromatic nitrogens is 1. The average Bonchev–Trinajstić information content (AvgIpc) is 2.94. The monoisotopic (exact) mass is 317 g/mol. The van der Waals surface area contributed by atoms with Crippen molar-refractivity contribution < 1.29 is 0 Å². The average molecular weight is 317 g/mol. The standard InChI is InChI=1S/C23H27N/c1-5-6-18-7-10-20(22(15-18)17(2)3)11-8-19-9-12-21-13-14-24(4)23(21)16-19/h7,9-10,12-16H,2,5-6,8,11H2,1,3-4H3. The van der Waals surface area contributed by atoms with Gasteiger partial charge in [-0.25, -0.2) is 0 Å². The third kappa shape index (κ3) is 3.46. The van der Waals surface area contributed by atoms with Crippen LogP contribution in [0.4, 0.5) is 0 Å². The van der Waals surface area contributed by atoms with E-state index in [-0.39, 0.29) is 0 Å². The van der Waals surface area contributed by atoms with Gasteiger partial charge in [-0.1, -0.05) is 55.8 Å². The van der Waals surface area contributed by atoms with E-state index in [1.807, 2.05) is 0 Å². The molecule has 0 bridgehead atoms. The van der Waals surface area contributed by atoms with E-state index in [9.17, 15) is 0 Å². The molecule has 0 saturated heterocycles. The summed E-state index contributed by atoms with van der Waals surface area (Å²) >= 11 is 0. The van der Waals surface area contributed by atoms with Gasteiger partial charge in [-0.05, 0) is 66.0 Å². The third-order valence-electron chi connectivity index (χ3n) is 4.81. The number of allylic oxidation sites excluding steroid dienone is 1. The van der Waals surface area contributed by atoms with Gasteiger partial charge in [0.1, 0.15) is 0 Å². The van der Waals surface area contributed by atoms with Crippen LogP contribution in [-0.2, 0) is 26.3 Å². The maximum absolute atomic E-state index is 4.18.